The molecule has 0 aromatic heterocycles. The van der Waals surface area contributed by atoms with Gasteiger partial charge in [0.2, 0.25) is 0 Å². The van der Waals surface area contributed by atoms with Gasteiger partial charge in [0.15, 0.2) is 6.61 Å². The van der Waals surface area contributed by atoms with Gasteiger partial charge in [0.1, 0.15) is 5.75 Å². The van der Waals surface area contributed by atoms with Crippen LogP contribution in [0.4, 0.5) is 0 Å². The van der Waals surface area contributed by atoms with Crippen LogP contribution in [0.25, 0.3) is 0 Å². The van der Waals surface area contributed by atoms with E-state index in [4.69, 9.17) is 4.74 Å². The Morgan fingerprint density at radius 1 is 1.15 bits per heavy atom. The van der Waals surface area contributed by atoms with E-state index in [0.29, 0.717) is 17.2 Å². The number of carbonyl (C=O) groups is 2. The van der Waals surface area contributed by atoms with Crippen LogP contribution in [-0.2, 0) is 9.53 Å². The van der Waals surface area contributed by atoms with Gasteiger partial charge in [0, 0.05) is 0 Å². The number of rotatable bonds is 7. The van der Waals surface area contributed by atoms with E-state index in [1.165, 1.54) is 13.3 Å². The summed E-state index contributed by atoms with van der Waals surface area (Å²) in [5.41, 5.74) is 5.75. The number of nitrogens with one attached hydrogen (secondary N) is 1. The number of methoxy groups -OCH3 is 1. The van der Waals surface area contributed by atoms with Gasteiger partial charge in [-0.05, 0) is 47.7 Å². The second-order valence-electron chi connectivity index (χ2n) is 6.39. The van der Waals surface area contributed by atoms with Crippen LogP contribution in [0.3, 0.4) is 0 Å². The fraction of sp³-hybridized carbons (Fsp3) is 0.286. The highest BCUT2D eigenvalue weighted by molar-refractivity contribution is 5.90. The Kier molecular flexibility index (Phi) is 7.11. The van der Waals surface area contributed by atoms with Gasteiger partial charge in [-0.3, -0.25) is 4.79 Å². The van der Waals surface area contributed by atoms with Crippen LogP contribution in [0.1, 0.15) is 46.8 Å². The normalized spacial score (nSPS) is 10.9. The van der Waals surface area contributed by atoms with E-state index >= 15 is 0 Å². The van der Waals surface area contributed by atoms with Crippen LogP contribution < -0.4 is 10.2 Å². The average Bonchev–Trinajstić information content (AvgIpc) is 2.66. The zero-order valence-corrected chi connectivity index (χ0v) is 16.0. The maximum Gasteiger partial charge on any atom is 0.337 e. The second kappa shape index (κ2) is 9.52. The van der Waals surface area contributed by atoms with Crippen molar-refractivity contribution in [1.82, 2.24) is 5.43 Å². The Labute approximate surface area is 159 Å². The Morgan fingerprint density at radius 3 is 2.48 bits per heavy atom. The van der Waals surface area contributed by atoms with Crippen molar-refractivity contribution in [3.63, 3.8) is 0 Å². The molecule has 0 aliphatic rings. The lowest BCUT2D eigenvalue weighted by atomic mass is 10.0. The molecule has 0 aliphatic carbocycles. The van der Waals surface area contributed by atoms with Crippen molar-refractivity contribution in [2.24, 2.45) is 5.10 Å². The van der Waals surface area contributed by atoms with E-state index in [9.17, 15) is 9.59 Å². The number of hydrogen-bond donors (Lipinski definition) is 1. The summed E-state index contributed by atoms with van der Waals surface area (Å²) >= 11 is 0. The SMILES string of the molecule is COC(=O)c1ccc(C=NNC(=O)COc2cc(C)ccc2C(C)C)cc1. The van der Waals surface area contributed by atoms with Gasteiger partial charge in [-0.25, -0.2) is 10.2 Å². The molecule has 1 amide bonds. The van der Waals surface area contributed by atoms with Crippen molar-refractivity contribution in [3.05, 3.63) is 64.7 Å². The molecule has 2 aromatic carbocycles. The van der Waals surface area contributed by atoms with Crippen molar-refractivity contribution >= 4 is 18.1 Å². The van der Waals surface area contributed by atoms with Gasteiger partial charge < -0.3 is 9.47 Å². The van der Waals surface area contributed by atoms with Crippen molar-refractivity contribution in [3.8, 4) is 5.75 Å². The number of esters is 1. The number of aryl methyl sites for hydroxylation is 1. The Balaban J connectivity index is 1.89. The first-order chi connectivity index (χ1) is 12.9. The zero-order chi connectivity index (χ0) is 19.8. The maximum absolute atomic E-state index is 11.9. The smallest absolute Gasteiger partial charge is 0.337 e. The average molecular weight is 368 g/mol. The highest BCUT2D eigenvalue weighted by Gasteiger charge is 2.10. The molecular weight excluding hydrogens is 344 g/mol. The number of amides is 1. The lowest BCUT2D eigenvalue weighted by Crippen LogP contribution is -2.25. The zero-order valence-electron chi connectivity index (χ0n) is 16.0. The molecule has 6 heteroatoms. The first-order valence-electron chi connectivity index (χ1n) is 8.64. The number of hydrogen-bond acceptors (Lipinski definition) is 5. The van der Waals surface area contributed by atoms with Crippen LogP contribution in [0.5, 0.6) is 5.75 Å². The Morgan fingerprint density at radius 2 is 1.85 bits per heavy atom. The summed E-state index contributed by atoms with van der Waals surface area (Å²) in [6.45, 7) is 6.01. The molecule has 2 rings (SSSR count). The summed E-state index contributed by atoms with van der Waals surface area (Å²) in [5.74, 6) is 0.256. The van der Waals surface area contributed by atoms with Crippen LogP contribution >= 0.6 is 0 Å². The quantitative estimate of drug-likeness (QED) is 0.461. The fourth-order valence-corrected chi connectivity index (χ4v) is 2.42. The van der Waals surface area contributed by atoms with Gasteiger partial charge in [-0.2, -0.15) is 5.10 Å². The van der Waals surface area contributed by atoms with Gasteiger partial charge >= 0.3 is 5.97 Å². The molecule has 1 N–H and O–H groups in total. The summed E-state index contributed by atoms with van der Waals surface area (Å²) in [7, 11) is 1.33. The van der Waals surface area contributed by atoms with Crippen molar-refractivity contribution in [1.29, 1.82) is 0 Å². The highest BCUT2D eigenvalue weighted by Crippen LogP contribution is 2.27. The topological polar surface area (TPSA) is 77.0 Å². The largest absolute Gasteiger partial charge is 0.483 e. The fourth-order valence-electron chi connectivity index (χ4n) is 2.42. The third-order valence-electron chi connectivity index (χ3n) is 3.88. The molecule has 0 saturated carbocycles. The molecule has 0 spiro atoms. The Hall–Kier alpha value is -3.15. The minimum absolute atomic E-state index is 0.123. The molecule has 0 saturated heterocycles. The molecule has 0 fully saturated rings. The first kappa shape index (κ1) is 20.2. The minimum Gasteiger partial charge on any atom is -0.483 e. The molecule has 0 unspecified atom stereocenters. The molecule has 27 heavy (non-hydrogen) atoms. The highest BCUT2D eigenvalue weighted by atomic mass is 16.5. The number of hydrazone groups is 1. The minimum atomic E-state index is -0.402. The summed E-state index contributed by atoms with van der Waals surface area (Å²) in [6, 6.07) is 12.6. The van der Waals surface area contributed by atoms with Crippen LogP contribution in [0, 0.1) is 6.92 Å². The molecule has 2 aromatic rings. The van der Waals surface area contributed by atoms with E-state index in [1.807, 2.05) is 25.1 Å². The van der Waals surface area contributed by atoms with Crippen molar-refractivity contribution in [2.75, 3.05) is 13.7 Å². The molecule has 0 atom stereocenters. The molecule has 0 aliphatic heterocycles. The summed E-state index contributed by atoms with van der Waals surface area (Å²) in [6.07, 6.45) is 1.49. The maximum atomic E-state index is 11.9. The number of ether oxygens (including phenoxy) is 2. The standard InChI is InChI=1S/C21H24N2O4/c1-14(2)18-10-5-15(3)11-19(18)27-13-20(24)23-22-12-16-6-8-17(9-7-16)21(25)26-4/h5-12,14H,13H2,1-4H3,(H,23,24). The third-order valence-corrected chi connectivity index (χ3v) is 3.88. The number of benzene rings is 2. The van der Waals surface area contributed by atoms with Crippen LogP contribution in [0.15, 0.2) is 47.6 Å². The predicted molar refractivity (Wildman–Crippen MR) is 104 cm³/mol. The van der Waals surface area contributed by atoms with E-state index in [-0.39, 0.29) is 12.5 Å². The van der Waals surface area contributed by atoms with Crippen LogP contribution in [-0.4, -0.2) is 31.8 Å². The van der Waals surface area contributed by atoms with Gasteiger partial charge in [0.25, 0.3) is 5.91 Å². The molecule has 0 heterocycles. The lowest BCUT2D eigenvalue weighted by Gasteiger charge is -2.14. The number of carbonyl (C=O) groups excluding carboxylic acids is 2. The monoisotopic (exact) mass is 368 g/mol. The first-order valence-corrected chi connectivity index (χ1v) is 8.64. The van der Waals surface area contributed by atoms with E-state index < -0.39 is 5.97 Å². The second-order valence-corrected chi connectivity index (χ2v) is 6.39. The van der Waals surface area contributed by atoms with E-state index in [0.717, 1.165) is 16.7 Å². The lowest BCUT2D eigenvalue weighted by molar-refractivity contribution is -0.123. The third kappa shape index (κ3) is 5.95. The molecule has 0 bridgehead atoms. The van der Waals surface area contributed by atoms with E-state index in [2.05, 4.69) is 29.1 Å². The summed E-state index contributed by atoms with van der Waals surface area (Å²) < 4.78 is 10.3. The van der Waals surface area contributed by atoms with Gasteiger partial charge in [-0.15, -0.1) is 0 Å². The Bertz CT molecular complexity index is 827. The molecule has 0 radical (unpaired) electrons. The molecule has 142 valence electrons. The molecule has 6 nitrogen and oxygen atoms in total. The summed E-state index contributed by atoms with van der Waals surface area (Å²) in [5, 5.41) is 3.90. The van der Waals surface area contributed by atoms with Gasteiger partial charge in [-0.1, -0.05) is 38.1 Å². The van der Waals surface area contributed by atoms with Gasteiger partial charge in [0.05, 0.1) is 18.9 Å². The summed E-state index contributed by atoms with van der Waals surface area (Å²) in [4.78, 5) is 23.3. The van der Waals surface area contributed by atoms with Crippen molar-refractivity contribution in [2.45, 2.75) is 26.7 Å². The van der Waals surface area contributed by atoms with Crippen molar-refractivity contribution < 1.29 is 19.1 Å². The van der Waals surface area contributed by atoms with E-state index in [1.54, 1.807) is 24.3 Å². The molecular formula is C21H24N2O4. The van der Waals surface area contributed by atoms with Crippen LogP contribution in [0.2, 0.25) is 0 Å². The number of nitrogens with zero attached hydrogens (tertiary/aromatic N) is 1. The predicted octanol–water partition coefficient (Wildman–Crippen LogP) is 3.43.